The van der Waals surface area contributed by atoms with Crippen molar-refractivity contribution >= 4 is 16.9 Å². The molecule has 2 aromatic heterocycles. The molecule has 7 nitrogen and oxygen atoms in total. The molecule has 0 atom stereocenters. The molecule has 0 radical (unpaired) electrons. The molecule has 0 saturated heterocycles. The molecule has 0 saturated carbocycles. The summed E-state index contributed by atoms with van der Waals surface area (Å²) >= 11 is 0. The third-order valence-electron chi connectivity index (χ3n) is 4.50. The van der Waals surface area contributed by atoms with Gasteiger partial charge in [0.2, 0.25) is 5.91 Å². The second-order valence-electron chi connectivity index (χ2n) is 6.57. The number of fused-ring (bicyclic) bond motifs is 1. The van der Waals surface area contributed by atoms with Gasteiger partial charge in [0.05, 0.1) is 11.9 Å². The van der Waals surface area contributed by atoms with Gasteiger partial charge in [0.15, 0.2) is 5.65 Å². The van der Waals surface area contributed by atoms with Gasteiger partial charge in [-0.1, -0.05) is 48.0 Å². The SMILES string of the molecule is Cc1ccc(-n2ncc3c(=O)n(NC(=O)CCc4ccccc4)cnc32)cc1. The van der Waals surface area contributed by atoms with E-state index < -0.39 is 0 Å². The highest BCUT2D eigenvalue weighted by Gasteiger charge is 2.13. The lowest BCUT2D eigenvalue weighted by atomic mass is 10.1. The number of aromatic nitrogens is 4. The van der Waals surface area contributed by atoms with Crippen LogP contribution in [0.2, 0.25) is 0 Å². The molecule has 1 N–H and O–H groups in total. The van der Waals surface area contributed by atoms with Crippen molar-refractivity contribution in [2.24, 2.45) is 0 Å². The molecule has 0 spiro atoms. The van der Waals surface area contributed by atoms with E-state index in [2.05, 4.69) is 15.5 Å². The summed E-state index contributed by atoms with van der Waals surface area (Å²) in [7, 11) is 0. The third-order valence-corrected chi connectivity index (χ3v) is 4.50. The molecule has 1 amide bonds. The maximum atomic E-state index is 12.7. The summed E-state index contributed by atoms with van der Waals surface area (Å²) < 4.78 is 2.72. The minimum atomic E-state index is -0.364. The quantitative estimate of drug-likeness (QED) is 0.583. The first-order valence-electron chi connectivity index (χ1n) is 8.98. The zero-order valence-corrected chi connectivity index (χ0v) is 15.4. The highest BCUT2D eigenvalue weighted by atomic mass is 16.2. The van der Waals surface area contributed by atoms with Crippen LogP contribution in [0.4, 0.5) is 0 Å². The van der Waals surface area contributed by atoms with Gasteiger partial charge in [0.1, 0.15) is 11.7 Å². The molecule has 140 valence electrons. The molecule has 28 heavy (non-hydrogen) atoms. The third kappa shape index (κ3) is 3.55. The number of nitrogens with zero attached hydrogens (tertiary/aromatic N) is 4. The Morgan fingerprint density at radius 3 is 2.57 bits per heavy atom. The van der Waals surface area contributed by atoms with Crippen LogP contribution in [0.15, 0.2) is 71.9 Å². The van der Waals surface area contributed by atoms with E-state index >= 15 is 0 Å². The fraction of sp³-hybridized carbons (Fsp3) is 0.143. The first-order chi connectivity index (χ1) is 13.6. The number of benzene rings is 2. The number of nitrogens with one attached hydrogen (secondary N) is 1. The lowest BCUT2D eigenvalue weighted by Gasteiger charge is -2.08. The summed E-state index contributed by atoms with van der Waals surface area (Å²) in [6.07, 6.45) is 3.66. The maximum absolute atomic E-state index is 12.7. The Bertz CT molecular complexity index is 1180. The summed E-state index contributed by atoms with van der Waals surface area (Å²) in [6.45, 7) is 2.00. The Kier molecular flexibility index (Phi) is 4.72. The van der Waals surface area contributed by atoms with Crippen LogP contribution in [0.3, 0.4) is 0 Å². The zero-order chi connectivity index (χ0) is 19.5. The van der Waals surface area contributed by atoms with Gasteiger partial charge in [-0.05, 0) is 31.0 Å². The monoisotopic (exact) mass is 373 g/mol. The minimum Gasteiger partial charge on any atom is -0.273 e. The van der Waals surface area contributed by atoms with Crippen molar-refractivity contribution in [3.63, 3.8) is 0 Å². The van der Waals surface area contributed by atoms with Gasteiger partial charge in [0, 0.05) is 6.42 Å². The molecule has 0 aliphatic rings. The molecule has 4 aromatic rings. The second kappa shape index (κ2) is 7.48. The standard InChI is InChI=1S/C21H19N5O2/c1-15-7-10-17(11-8-15)26-20-18(13-23-26)21(28)25(14-22-20)24-19(27)12-9-16-5-3-2-4-6-16/h2-8,10-11,13-14H,9,12H2,1H3,(H,24,27). The Labute approximate surface area is 161 Å². The van der Waals surface area contributed by atoms with Crippen molar-refractivity contribution in [2.75, 3.05) is 5.43 Å². The first kappa shape index (κ1) is 17.7. The topological polar surface area (TPSA) is 81.8 Å². The van der Waals surface area contributed by atoms with E-state index in [0.717, 1.165) is 21.5 Å². The molecule has 0 aliphatic heterocycles. The van der Waals surface area contributed by atoms with Crippen LogP contribution in [0, 0.1) is 6.92 Å². The van der Waals surface area contributed by atoms with E-state index in [0.29, 0.717) is 17.5 Å². The van der Waals surface area contributed by atoms with Crippen LogP contribution in [0.1, 0.15) is 17.5 Å². The lowest BCUT2D eigenvalue weighted by molar-refractivity contribution is -0.117. The van der Waals surface area contributed by atoms with E-state index in [1.807, 2.05) is 61.5 Å². The van der Waals surface area contributed by atoms with Crippen LogP contribution < -0.4 is 11.0 Å². The van der Waals surface area contributed by atoms with E-state index in [4.69, 9.17) is 0 Å². The van der Waals surface area contributed by atoms with Crippen LogP contribution in [0.25, 0.3) is 16.7 Å². The van der Waals surface area contributed by atoms with Crippen molar-refractivity contribution in [3.05, 3.63) is 88.6 Å². The number of amides is 1. The molecular formula is C21H19N5O2. The van der Waals surface area contributed by atoms with Gasteiger partial charge in [-0.15, -0.1) is 0 Å². The normalized spacial score (nSPS) is 10.9. The van der Waals surface area contributed by atoms with E-state index in [1.165, 1.54) is 12.5 Å². The zero-order valence-electron chi connectivity index (χ0n) is 15.4. The smallest absolute Gasteiger partial charge is 0.273 e. The summed E-state index contributed by atoms with van der Waals surface area (Å²) in [5.74, 6) is -0.252. The van der Waals surface area contributed by atoms with Gasteiger partial charge < -0.3 is 0 Å². The maximum Gasteiger partial charge on any atom is 0.283 e. The number of aryl methyl sites for hydroxylation is 2. The minimum absolute atomic E-state index is 0.252. The fourth-order valence-corrected chi connectivity index (χ4v) is 2.96. The molecule has 0 bridgehead atoms. The summed E-state index contributed by atoms with van der Waals surface area (Å²) in [5.41, 5.74) is 5.70. The average molecular weight is 373 g/mol. The average Bonchev–Trinajstić information content (AvgIpc) is 3.15. The van der Waals surface area contributed by atoms with Crippen molar-refractivity contribution in [1.29, 1.82) is 0 Å². The number of hydrogen-bond donors (Lipinski definition) is 1. The highest BCUT2D eigenvalue weighted by molar-refractivity contribution is 5.84. The van der Waals surface area contributed by atoms with Gasteiger partial charge in [-0.3, -0.25) is 15.0 Å². The molecule has 7 heteroatoms. The molecular weight excluding hydrogens is 354 g/mol. The van der Waals surface area contributed by atoms with Gasteiger partial charge in [-0.2, -0.15) is 5.10 Å². The molecule has 4 rings (SSSR count). The van der Waals surface area contributed by atoms with Crippen molar-refractivity contribution < 1.29 is 4.79 Å². The summed E-state index contributed by atoms with van der Waals surface area (Å²) in [5, 5.41) is 4.62. The van der Waals surface area contributed by atoms with Gasteiger partial charge in [-0.25, -0.2) is 14.3 Å². The van der Waals surface area contributed by atoms with Crippen molar-refractivity contribution in [3.8, 4) is 5.69 Å². The number of carbonyl (C=O) groups excluding carboxylic acids is 1. The predicted molar refractivity (Wildman–Crippen MR) is 107 cm³/mol. The van der Waals surface area contributed by atoms with Gasteiger partial charge >= 0.3 is 0 Å². The van der Waals surface area contributed by atoms with E-state index in [9.17, 15) is 9.59 Å². The second-order valence-corrected chi connectivity index (χ2v) is 6.57. The summed E-state index contributed by atoms with van der Waals surface area (Å²) in [4.78, 5) is 29.2. The largest absolute Gasteiger partial charge is 0.283 e. The molecule has 2 aromatic carbocycles. The lowest BCUT2D eigenvalue weighted by Crippen LogP contribution is -2.33. The van der Waals surface area contributed by atoms with Crippen LogP contribution in [0.5, 0.6) is 0 Å². The fourth-order valence-electron chi connectivity index (χ4n) is 2.96. The van der Waals surface area contributed by atoms with Crippen molar-refractivity contribution in [1.82, 2.24) is 19.4 Å². The molecule has 2 heterocycles. The number of rotatable bonds is 5. The van der Waals surface area contributed by atoms with Crippen LogP contribution in [-0.2, 0) is 11.2 Å². The van der Waals surface area contributed by atoms with Crippen LogP contribution in [-0.4, -0.2) is 25.3 Å². The van der Waals surface area contributed by atoms with Crippen molar-refractivity contribution in [2.45, 2.75) is 19.8 Å². The Hall–Kier alpha value is -3.74. The first-order valence-corrected chi connectivity index (χ1v) is 8.98. The Morgan fingerprint density at radius 1 is 1.07 bits per heavy atom. The predicted octanol–water partition coefficient (Wildman–Crippen LogP) is 2.59. The molecule has 0 unspecified atom stereocenters. The van der Waals surface area contributed by atoms with E-state index in [-0.39, 0.29) is 17.9 Å². The number of hydrogen-bond acceptors (Lipinski definition) is 4. The Morgan fingerprint density at radius 2 is 1.82 bits per heavy atom. The highest BCUT2D eigenvalue weighted by Crippen LogP contribution is 2.14. The molecule has 0 aliphatic carbocycles. The van der Waals surface area contributed by atoms with Gasteiger partial charge in [0.25, 0.3) is 5.56 Å². The van der Waals surface area contributed by atoms with E-state index in [1.54, 1.807) is 4.68 Å². The Balaban J connectivity index is 1.54. The summed E-state index contributed by atoms with van der Waals surface area (Å²) in [6, 6.07) is 17.5. The van der Waals surface area contributed by atoms with Crippen LogP contribution >= 0.6 is 0 Å². The number of carbonyl (C=O) groups is 1. The molecule has 0 fully saturated rings.